The molecule has 0 aliphatic heterocycles. The van der Waals surface area contributed by atoms with Gasteiger partial charge >= 0.3 is 0 Å². The van der Waals surface area contributed by atoms with Gasteiger partial charge in [0.15, 0.2) is 0 Å². The summed E-state index contributed by atoms with van der Waals surface area (Å²) in [5.41, 5.74) is 5.12. The molecular formula is C13H9F2N3O2S. The Morgan fingerprint density at radius 3 is 2.43 bits per heavy atom. The van der Waals surface area contributed by atoms with Gasteiger partial charge in [0.1, 0.15) is 22.6 Å². The minimum Gasteiger partial charge on any atom is -0.399 e. The summed E-state index contributed by atoms with van der Waals surface area (Å²) in [6, 6.07) is 7.76. The van der Waals surface area contributed by atoms with E-state index in [1.54, 1.807) is 6.07 Å². The quantitative estimate of drug-likeness (QED) is 0.850. The highest BCUT2D eigenvalue weighted by atomic mass is 32.2. The summed E-state index contributed by atoms with van der Waals surface area (Å²) in [6.07, 6.45) is 0. The highest BCUT2D eigenvalue weighted by Gasteiger charge is 2.20. The number of nitrogens with two attached hydrogens (primary N) is 1. The Morgan fingerprint density at radius 2 is 1.76 bits per heavy atom. The summed E-state index contributed by atoms with van der Waals surface area (Å²) < 4.78 is 53.0. The third-order valence-corrected chi connectivity index (χ3v) is 3.98. The third-order valence-electron chi connectivity index (χ3n) is 2.58. The summed E-state index contributed by atoms with van der Waals surface area (Å²) in [4.78, 5) is -0.634. The van der Waals surface area contributed by atoms with Crippen LogP contribution in [-0.4, -0.2) is 8.42 Å². The summed E-state index contributed by atoms with van der Waals surface area (Å²) in [5, 5.41) is 8.69. The highest BCUT2D eigenvalue weighted by molar-refractivity contribution is 7.92. The summed E-state index contributed by atoms with van der Waals surface area (Å²) in [5.74, 6) is -1.75. The van der Waals surface area contributed by atoms with Crippen molar-refractivity contribution in [2.75, 3.05) is 10.5 Å². The molecule has 0 aliphatic carbocycles. The Bertz CT molecular complexity index is 845. The fourth-order valence-corrected chi connectivity index (χ4v) is 2.77. The van der Waals surface area contributed by atoms with Crippen molar-refractivity contribution in [3.05, 3.63) is 53.6 Å². The van der Waals surface area contributed by atoms with E-state index in [9.17, 15) is 17.2 Å². The van der Waals surface area contributed by atoms with E-state index in [2.05, 4.69) is 4.72 Å². The smallest absolute Gasteiger partial charge is 0.264 e. The largest absolute Gasteiger partial charge is 0.399 e. The molecule has 0 fully saturated rings. The standard InChI is InChI=1S/C13H9F2N3O2S/c14-11-4-2-10(5-8(11)7-16)18-21(19,20)13-6-9(17)1-3-12(13)15/h1-6,18H,17H2. The lowest BCUT2D eigenvalue weighted by Crippen LogP contribution is -2.15. The second-order valence-electron chi connectivity index (χ2n) is 4.10. The molecule has 0 radical (unpaired) electrons. The van der Waals surface area contributed by atoms with Crippen LogP contribution in [0.2, 0.25) is 0 Å². The van der Waals surface area contributed by atoms with Gasteiger partial charge in [-0.25, -0.2) is 17.2 Å². The zero-order valence-corrected chi connectivity index (χ0v) is 11.3. The first kappa shape index (κ1) is 14.7. The molecule has 0 atom stereocenters. The lowest BCUT2D eigenvalue weighted by atomic mass is 10.2. The molecule has 0 bridgehead atoms. The molecular weight excluding hydrogens is 300 g/mol. The van der Waals surface area contributed by atoms with E-state index in [4.69, 9.17) is 11.0 Å². The van der Waals surface area contributed by atoms with Crippen LogP contribution in [0.25, 0.3) is 0 Å². The first-order valence-corrected chi connectivity index (χ1v) is 7.09. The van der Waals surface area contributed by atoms with Gasteiger partial charge in [-0.3, -0.25) is 4.72 Å². The highest BCUT2D eigenvalue weighted by Crippen LogP contribution is 2.22. The number of nitriles is 1. The average molecular weight is 309 g/mol. The predicted octanol–water partition coefficient (Wildman–Crippen LogP) is 2.22. The maximum atomic E-state index is 13.6. The molecule has 0 saturated carbocycles. The van der Waals surface area contributed by atoms with Crippen LogP contribution in [0.15, 0.2) is 41.3 Å². The van der Waals surface area contributed by atoms with Crippen molar-refractivity contribution in [1.29, 1.82) is 5.26 Å². The van der Waals surface area contributed by atoms with Gasteiger partial charge in [0, 0.05) is 5.69 Å². The number of nitrogen functional groups attached to an aromatic ring is 1. The molecule has 2 aromatic rings. The molecule has 21 heavy (non-hydrogen) atoms. The number of nitrogens with one attached hydrogen (secondary N) is 1. The van der Waals surface area contributed by atoms with E-state index in [1.165, 1.54) is 6.07 Å². The molecule has 0 heterocycles. The summed E-state index contributed by atoms with van der Waals surface area (Å²) >= 11 is 0. The van der Waals surface area contributed by atoms with Crippen LogP contribution in [0.3, 0.4) is 0 Å². The molecule has 8 heteroatoms. The van der Waals surface area contributed by atoms with E-state index < -0.39 is 26.6 Å². The number of hydrogen-bond donors (Lipinski definition) is 2. The topological polar surface area (TPSA) is 96.0 Å². The maximum Gasteiger partial charge on any atom is 0.264 e. The lowest BCUT2D eigenvalue weighted by molar-refractivity contribution is 0.570. The van der Waals surface area contributed by atoms with E-state index in [1.807, 2.05) is 0 Å². The minimum atomic E-state index is -4.24. The fraction of sp³-hybridized carbons (Fsp3) is 0. The second-order valence-corrected chi connectivity index (χ2v) is 5.75. The molecule has 0 spiro atoms. The van der Waals surface area contributed by atoms with Crippen molar-refractivity contribution >= 4 is 21.4 Å². The Balaban J connectivity index is 2.43. The van der Waals surface area contributed by atoms with Gasteiger partial charge in [0.2, 0.25) is 0 Å². The van der Waals surface area contributed by atoms with Crippen LogP contribution in [0.5, 0.6) is 0 Å². The Hall–Kier alpha value is -2.66. The van der Waals surface area contributed by atoms with Gasteiger partial charge < -0.3 is 5.73 Å². The van der Waals surface area contributed by atoms with Gasteiger partial charge in [0.25, 0.3) is 10.0 Å². The van der Waals surface area contributed by atoms with E-state index in [0.717, 1.165) is 30.3 Å². The van der Waals surface area contributed by atoms with Crippen molar-refractivity contribution in [2.45, 2.75) is 4.90 Å². The molecule has 3 N–H and O–H groups in total. The van der Waals surface area contributed by atoms with E-state index in [-0.39, 0.29) is 16.9 Å². The van der Waals surface area contributed by atoms with Gasteiger partial charge in [-0.2, -0.15) is 5.26 Å². The first-order valence-electron chi connectivity index (χ1n) is 5.61. The molecule has 0 saturated heterocycles. The molecule has 2 rings (SSSR count). The molecule has 0 amide bonds. The monoisotopic (exact) mass is 309 g/mol. The number of nitrogens with zero attached hydrogens (tertiary/aromatic N) is 1. The van der Waals surface area contributed by atoms with Crippen LogP contribution >= 0.6 is 0 Å². The van der Waals surface area contributed by atoms with Crippen LogP contribution in [0.4, 0.5) is 20.2 Å². The molecule has 2 aromatic carbocycles. The van der Waals surface area contributed by atoms with E-state index in [0.29, 0.717) is 0 Å². The first-order chi connectivity index (χ1) is 9.83. The van der Waals surface area contributed by atoms with Crippen molar-refractivity contribution in [1.82, 2.24) is 0 Å². The SMILES string of the molecule is N#Cc1cc(NS(=O)(=O)c2cc(N)ccc2F)ccc1F. The van der Waals surface area contributed by atoms with Crippen molar-refractivity contribution in [3.8, 4) is 6.07 Å². The van der Waals surface area contributed by atoms with Gasteiger partial charge in [-0.1, -0.05) is 0 Å². The van der Waals surface area contributed by atoms with Gasteiger partial charge in [-0.05, 0) is 36.4 Å². The summed E-state index contributed by atoms with van der Waals surface area (Å²) in [6.45, 7) is 0. The zero-order chi connectivity index (χ0) is 15.6. The predicted molar refractivity (Wildman–Crippen MR) is 72.7 cm³/mol. The number of rotatable bonds is 3. The Kier molecular flexibility index (Phi) is 3.78. The van der Waals surface area contributed by atoms with Gasteiger partial charge in [0.05, 0.1) is 11.3 Å². The molecule has 0 unspecified atom stereocenters. The zero-order valence-electron chi connectivity index (χ0n) is 10.5. The number of halogens is 2. The van der Waals surface area contributed by atoms with Crippen LogP contribution in [0.1, 0.15) is 5.56 Å². The number of hydrogen-bond acceptors (Lipinski definition) is 4. The number of benzene rings is 2. The maximum absolute atomic E-state index is 13.6. The molecule has 108 valence electrons. The lowest BCUT2D eigenvalue weighted by Gasteiger charge is -2.10. The van der Waals surface area contributed by atoms with Gasteiger partial charge in [-0.15, -0.1) is 0 Å². The number of anilines is 2. The number of sulfonamides is 1. The summed E-state index contributed by atoms with van der Waals surface area (Å²) in [7, 11) is -4.24. The van der Waals surface area contributed by atoms with Crippen LogP contribution < -0.4 is 10.5 Å². The van der Waals surface area contributed by atoms with Crippen LogP contribution in [0, 0.1) is 23.0 Å². The Morgan fingerprint density at radius 1 is 1.10 bits per heavy atom. The van der Waals surface area contributed by atoms with Crippen LogP contribution in [-0.2, 0) is 10.0 Å². The van der Waals surface area contributed by atoms with Crippen molar-refractivity contribution in [2.24, 2.45) is 0 Å². The molecule has 0 aromatic heterocycles. The second kappa shape index (κ2) is 5.38. The van der Waals surface area contributed by atoms with Crippen molar-refractivity contribution < 1.29 is 17.2 Å². The van der Waals surface area contributed by atoms with E-state index >= 15 is 0 Å². The fourth-order valence-electron chi connectivity index (χ4n) is 1.61. The molecule has 5 nitrogen and oxygen atoms in total. The third kappa shape index (κ3) is 3.09. The van der Waals surface area contributed by atoms with Crippen molar-refractivity contribution in [3.63, 3.8) is 0 Å². The molecule has 0 aliphatic rings. The normalized spacial score (nSPS) is 10.9. The minimum absolute atomic E-state index is 0.0604. The Labute approximate surface area is 119 Å². The average Bonchev–Trinajstić information content (AvgIpc) is 2.43.